The number of nitrogen functional groups attached to an aromatic ring is 1. The van der Waals surface area contributed by atoms with Gasteiger partial charge in [0, 0.05) is 12.1 Å². The molecule has 1 aromatic carbocycles. The molecule has 0 amide bonds. The molecule has 0 spiro atoms. The maximum Gasteiger partial charge on any atom is 0.149 e. The molecular formula is C14H24N4O2. The molecule has 0 radical (unpaired) electrons. The van der Waals surface area contributed by atoms with Gasteiger partial charge >= 0.3 is 0 Å². The number of nitrogens with zero attached hydrogens (tertiary/aromatic N) is 1. The van der Waals surface area contributed by atoms with Crippen molar-refractivity contribution in [1.82, 2.24) is 0 Å². The lowest BCUT2D eigenvalue weighted by molar-refractivity contribution is 0.303. The molecule has 0 unspecified atom stereocenters. The van der Waals surface area contributed by atoms with Crippen LogP contribution in [0.2, 0.25) is 0 Å². The minimum absolute atomic E-state index is 0.451. The van der Waals surface area contributed by atoms with E-state index in [0.717, 1.165) is 25.7 Å². The Morgan fingerprint density at radius 1 is 1.10 bits per heavy atom. The third kappa shape index (κ3) is 4.70. The molecule has 4 N–H and O–H groups in total. The van der Waals surface area contributed by atoms with Crippen molar-refractivity contribution in [3.8, 4) is 11.5 Å². The van der Waals surface area contributed by atoms with E-state index in [1.807, 2.05) is 0 Å². The average Bonchev–Trinajstić information content (AvgIpc) is 2.48. The molecular weight excluding hydrogens is 256 g/mol. The molecule has 0 saturated heterocycles. The first kappa shape index (κ1) is 16.2. The summed E-state index contributed by atoms with van der Waals surface area (Å²) in [5.41, 5.74) is 10.9. The minimum Gasteiger partial charge on any atom is -0.491 e. The highest BCUT2D eigenvalue weighted by molar-refractivity contribution is 5.68. The monoisotopic (exact) mass is 280 g/mol. The van der Waals surface area contributed by atoms with Gasteiger partial charge in [0.25, 0.3) is 0 Å². The second kappa shape index (κ2) is 9.14. The standard InChI is InChI=1S/C14H24N4O2/c1-3-5-7-19-13-9-12(18-16)14(10-11(13)17-15)20-8-6-4-2/h9-10,15,18H,3-8,16H2,1-2H3. The molecule has 0 aliphatic carbocycles. The summed E-state index contributed by atoms with van der Waals surface area (Å²) < 4.78 is 11.3. The molecule has 1 rings (SSSR count). The Morgan fingerprint density at radius 2 is 1.70 bits per heavy atom. The van der Waals surface area contributed by atoms with Gasteiger partial charge in [-0.15, -0.1) is 0 Å². The lowest BCUT2D eigenvalue weighted by Gasteiger charge is -2.14. The highest BCUT2D eigenvalue weighted by Crippen LogP contribution is 2.38. The number of hydrogen-bond donors (Lipinski definition) is 3. The fraction of sp³-hybridized carbons (Fsp3) is 0.571. The van der Waals surface area contributed by atoms with E-state index in [-0.39, 0.29) is 0 Å². The number of benzene rings is 1. The van der Waals surface area contributed by atoms with Crippen LogP contribution in [0.1, 0.15) is 39.5 Å². The van der Waals surface area contributed by atoms with Crippen LogP contribution in [0, 0.1) is 5.53 Å². The van der Waals surface area contributed by atoms with Crippen LogP contribution >= 0.6 is 0 Å². The summed E-state index contributed by atoms with van der Waals surface area (Å²) in [7, 11) is 0. The number of nitrogens with one attached hydrogen (secondary N) is 2. The van der Waals surface area contributed by atoms with Gasteiger partial charge in [0.2, 0.25) is 0 Å². The highest BCUT2D eigenvalue weighted by atomic mass is 16.5. The summed E-state index contributed by atoms with van der Waals surface area (Å²) in [6, 6.07) is 3.41. The Bertz CT molecular complexity index is 424. The lowest BCUT2D eigenvalue weighted by atomic mass is 10.2. The van der Waals surface area contributed by atoms with E-state index in [0.29, 0.717) is 36.1 Å². The second-order valence-corrected chi connectivity index (χ2v) is 4.48. The first-order valence-electron chi connectivity index (χ1n) is 7.04. The molecule has 6 nitrogen and oxygen atoms in total. The molecule has 0 saturated carbocycles. The maximum atomic E-state index is 7.24. The van der Waals surface area contributed by atoms with Crippen LogP contribution in [0.15, 0.2) is 17.2 Å². The zero-order valence-electron chi connectivity index (χ0n) is 12.2. The molecule has 0 aliphatic rings. The normalized spacial score (nSPS) is 10.2. The Labute approximate surface area is 120 Å². The first-order chi connectivity index (χ1) is 9.76. The number of nitrogens with two attached hydrogens (primary N) is 1. The third-order valence-electron chi connectivity index (χ3n) is 2.85. The first-order valence-corrected chi connectivity index (χ1v) is 7.04. The number of rotatable bonds is 10. The quantitative estimate of drug-likeness (QED) is 0.261. The second-order valence-electron chi connectivity index (χ2n) is 4.48. The van der Waals surface area contributed by atoms with E-state index in [1.165, 1.54) is 0 Å². The molecule has 6 heteroatoms. The van der Waals surface area contributed by atoms with Crippen molar-refractivity contribution in [2.75, 3.05) is 18.6 Å². The summed E-state index contributed by atoms with van der Waals surface area (Å²) in [5.74, 6) is 6.65. The van der Waals surface area contributed by atoms with Gasteiger partial charge in [0.15, 0.2) is 0 Å². The van der Waals surface area contributed by atoms with Crippen molar-refractivity contribution >= 4 is 11.4 Å². The van der Waals surface area contributed by atoms with E-state index in [2.05, 4.69) is 24.4 Å². The van der Waals surface area contributed by atoms with Crippen molar-refractivity contribution in [3.05, 3.63) is 12.1 Å². The number of unbranched alkanes of at least 4 members (excludes halogenated alkanes) is 2. The van der Waals surface area contributed by atoms with Crippen LogP contribution in [0.25, 0.3) is 0 Å². The van der Waals surface area contributed by atoms with Crippen molar-refractivity contribution in [2.45, 2.75) is 39.5 Å². The minimum atomic E-state index is 0.451. The van der Waals surface area contributed by atoms with E-state index < -0.39 is 0 Å². The Kier molecular flexibility index (Phi) is 7.42. The smallest absolute Gasteiger partial charge is 0.149 e. The number of ether oxygens (including phenoxy) is 2. The van der Waals surface area contributed by atoms with Crippen molar-refractivity contribution in [1.29, 1.82) is 5.53 Å². The topological polar surface area (TPSA) is 92.7 Å². The van der Waals surface area contributed by atoms with Crippen molar-refractivity contribution in [2.24, 2.45) is 11.0 Å². The van der Waals surface area contributed by atoms with Gasteiger partial charge in [-0.2, -0.15) is 5.11 Å². The van der Waals surface area contributed by atoms with Gasteiger partial charge < -0.3 is 14.9 Å². The van der Waals surface area contributed by atoms with Crippen LogP contribution < -0.4 is 20.7 Å². The molecule has 0 bridgehead atoms. The van der Waals surface area contributed by atoms with Gasteiger partial charge in [-0.1, -0.05) is 26.7 Å². The van der Waals surface area contributed by atoms with Crippen LogP contribution in [0.4, 0.5) is 11.4 Å². The van der Waals surface area contributed by atoms with E-state index in [1.54, 1.807) is 12.1 Å². The zero-order chi connectivity index (χ0) is 14.8. The third-order valence-corrected chi connectivity index (χ3v) is 2.85. The van der Waals surface area contributed by atoms with Crippen molar-refractivity contribution < 1.29 is 9.47 Å². The van der Waals surface area contributed by atoms with Gasteiger partial charge in [-0.3, -0.25) is 5.84 Å². The molecule has 0 atom stereocenters. The predicted octanol–water partition coefficient (Wildman–Crippen LogP) is 3.99. The Balaban J connectivity index is 2.88. The molecule has 0 heterocycles. The summed E-state index contributed by atoms with van der Waals surface area (Å²) in [6.07, 6.45) is 4.02. The predicted molar refractivity (Wildman–Crippen MR) is 79.9 cm³/mol. The molecule has 0 aliphatic heterocycles. The molecule has 0 fully saturated rings. The number of anilines is 1. The maximum absolute atomic E-state index is 7.24. The number of hydrogen-bond acceptors (Lipinski definition) is 6. The van der Waals surface area contributed by atoms with E-state index >= 15 is 0 Å². The highest BCUT2D eigenvalue weighted by Gasteiger charge is 2.11. The van der Waals surface area contributed by atoms with Crippen LogP contribution in [-0.2, 0) is 0 Å². The zero-order valence-corrected chi connectivity index (χ0v) is 12.2. The fourth-order valence-corrected chi connectivity index (χ4v) is 1.64. The molecule has 1 aromatic rings. The number of hydrazine groups is 1. The van der Waals surface area contributed by atoms with E-state index in [9.17, 15) is 0 Å². The van der Waals surface area contributed by atoms with Gasteiger partial charge in [-0.05, 0) is 12.8 Å². The Hall–Kier alpha value is -1.82. The summed E-state index contributed by atoms with van der Waals surface area (Å²) in [4.78, 5) is 0. The van der Waals surface area contributed by atoms with Crippen molar-refractivity contribution in [3.63, 3.8) is 0 Å². The van der Waals surface area contributed by atoms with Gasteiger partial charge in [0.05, 0.1) is 18.9 Å². The van der Waals surface area contributed by atoms with Gasteiger partial charge in [-0.25, -0.2) is 5.53 Å². The Morgan fingerprint density at radius 3 is 2.20 bits per heavy atom. The summed E-state index contributed by atoms with van der Waals surface area (Å²) >= 11 is 0. The average molecular weight is 280 g/mol. The summed E-state index contributed by atoms with van der Waals surface area (Å²) in [6.45, 7) is 5.40. The van der Waals surface area contributed by atoms with Gasteiger partial charge in [0.1, 0.15) is 17.2 Å². The van der Waals surface area contributed by atoms with E-state index in [4.69, 9.17) is 20.8 Å². The molecule has 20 heavy (non-hydrogen) atoms. The fourth-order valence-electron chi connectivity index (χ4n) is 1.64. The summed E-state index contributed by atoms with van der Waals surface area (Å²) in [5, 5.41) is 3.49. The molecule has 112 valence electrons. The largest absolute Gasteiger partial charge is 0.491 e. The van der Waals surface area contributed by atoms with Crippen LogP contribution in [0.3, 0.4) is 0 Å². The molecule has 0 aromatic heterocycles. The SMILES string of the molecule is CCCCOc1cc(NN)c(OCCCC)cc1N=N. The van der Waals surface area contributed by atoms with Crippen LogP contribution in [0.5, 0.6) is 11.5 Å². The lowest BCUT2D eigenvalue weighted by Crippen LogP contribution is -2.10. The van der Waals surface area contributed by atoms with Crippen LogP contribution in [-0.4, -0.2) is 13.2 Å².